The molecule has 0 aliphatic heterocycles. The first-order valence-electron chi connectivity index (χ1n) is 7.12. The van der Waals surface area contributed by atoms with E-state index in [-0.39, 0.29) is 5.69 Å². The molecule has 1 N–H and O–H groups in total. The molecule has 2 rings (SSSR count). The minimum absolute atomic E-state index is 0.122. The lowest BCUT2D eigenvalue weighted by atomic mass is 10.1. The monoisotopic (exact) mass is 331 g/mol. The molecule has 0 heterocycles. The van der Waals surface area contributed by atoms with E-state index in [1.807, 2.05) is 0 Å². The van der Waals surface area contributed by atoms with E-state index in [2.05, 4.69) is 5.32 Å². The van der Waals surface area contributed by atoms with Crippen LogP contribution in [0.3, 0.4) is 0 Å². The van der Waals surface area contributed by atoms with Crippen LogP contribution in [0.2, 0.25) is 0 Å². The molecule has 5 nitrogen and oxygen atoms in total. The van der Waals surface area contributed by atoms with Crippen molar-refractivity contribution >= 4 is 17.7 Å². The highest BCUT2D eigenvalue weighted by Gasteiger charge is 2.12. The van der Waals surface area contributed by atoms with Gasteiger partial charge in [-0.2, -0.15) is 0 Å². The first kappa shape index (κ1) is 17.3. The Bertz CT molecular complexity index is 733. The van der Waals surface area contributed by atoms with Crippen molar-refractivity contribution in [2.24, 2.45) is 0 Å². The lowest BCUT2D eigenvalue weighted by molar-refractivity contribution is -0.111. The SMILES string of the molecule is COc1cc(C=CC(=O)Nc2ccccc2F)cc(OC)c1OC. The first-order valence-corrected chi connectivity index (χ1v) is 7.12. The van der Waals surface area contributed by atoms with E-state index >= 15 is 0 Å². The van der Waals surface area contributed by atoms with Crippen molar-refractivity contribution in [3.63, 3.8) is 0 Å². The lowest BCUT2D eigenvalue weighted by Gasteiger charge is -2.12. The molecule has 0 fully saturated rings. The van der Waals surface area contributed by atoms with Gasteiger partial charge in [0.1, 0.15) is 5.82 Å². The summed E-state index contributed by atoms with van der Waals surface area (Å²) in [5, 5.41) is 2.47. The second kappa shape index (κ2) is 8.01. The van der Waals surface area contributed by atoms with Crippen molar-refractivity contribution in [3.05, 3.63) is 53.9 Å². The number of anilines is 1. The van der Waals surface area contributed by atoms with Gasteiger partial charge in [0.15, 0.2) is 11.5 Å². The van der Waals surface area contributed by atoms with Gasteiger partial charge in [-0.15, -0.1) is 0 Å². The summed E-state index contributed by atoms with van der Waals surface area (Å²) in [6.45, 7) is 0. The van der Waals surface area contributed by atoms with Gasteiger partial charge in [-0.3, -0.25) is 4.79 Å². The molecule has 2 aromatic rings. The van der Waals surface area contributed by atoms with Crippen molar-refractivity contribution in [2.45, 2.75) is 0 Å². The number of para-hydroxylation sites is 1. The number of methoxy groups -OCH3 is 3. The second-order valence-electron chi connectivity index (χ2n) is 4.76. The van der Waals surface area contributed by atoms with Crippen LogP contribution in [0.15, 0.2) is 42.5 Å². The Morgan fingerprint density at radius 3 is 2.21 bits per heavy atom. The summed E-state index contributed by atoms with van der Waals surface area (Å²) >= 11 is 0. The Morgan fingerprint density at radius 1 is 1.04 bits per heavy atom. The van der Waals surface area contributed by atoms with Crippen LogP contribution in [0.1, 0.15) is 5.56 Å². The first-order chi connectivity index (χ1) is 11.6. The molecule has 24 heavy (non-hydrogen) atoms. The largest absolute Gasteiger partial charge is 0.493 e. The number of hydrogen-bond acceptors (Lipinski definition) is 4. The Morgan fingerprint density at radius 2 is 1.67 bits per heavy atom. The average molecular weight is 331 g/mol. The van der Waals surface area contributed by atoms with Crippen LogP contribution in [-0.4, -0.2) is 27.2 Å². The maximum absolute atomic E-state index is 13.5. The molecule has 0 radical (unpaired) electrons. The fourth-order valence-corrected chi connectivity index (χ4v) is 2.11. The van der Waals surface area contributed by atoms with E-state index in [1.165, 1.54) is 39.5 Å². The maximum Gasteiger partial charge on any atom is 0.248 e. The van der Waals surface area contributed by atoms with Crippen LogP contribution >= 0.6 is 0 Å². The highest BCUT2D eigenvalue weighted by atomic mass is 19.1. The topological polar surface area (TPSA) is 56.8 Å². The predicted octanol–water partition coefficient (Wildman–Crippen LogP) is 3.50. The standard InChI is InChI=1S/C18H18FNO4/c1-22-15-10-12(11-16(23-2)18(15)24-3)8-9-17(21)20-14-7-5-4-6-13(14)19/h4-11H,1-3H3,(H,20,21). The van der Waals surface area contributed by atoms with Crippen LogP contribution in [0, 0.1) is 5.82 Å². The number of nitrogens with one attached hydrogen (secondary N) is 1. The van der Waals surface area contributed by atoms with Crippen molar-refractivity contribution in [2.75, 3.05) is 26.6 Å². The van der Waals surface area contributed by atoms with Gasteiger partial charge in [-0.05, 0) is 35.9 Å². The zero-order valence-electron chi connectivity index (χ0n) is 13.6. The number of amides is 1. The summed E-state index contributed by atoms with van der Waals surface area (Å²) in [5.41, 5.74) is 0.797. The van der Waals surface area contributed by atoms with Crippen LogP contribution in [-0.2, 0) is 4.79 Å². The fraction of sp³-hybridized carbons (Fsp3) is 0.167. The Hall–Kier alpha value is -3.02. The molecule has 0 atom stereocenters. The number of benzene rings is 2. The third-order valence-electron chi connectivity index (χ3n) is 3.25. The van der Waals surface area contributed by atoms with Gasteiger partial charge in [0.2, 0.25) is 11.7 Å². The zero-order valence-corrected chi connectivity index (χ0v) is 13.6. The number of ether oxygens (including phenoxy) is 3. The van der Waals surface area contributed by atoms with Crippen LogP contribution in [0.4, 0.5) is 10.1 Å². The van der Waals surface area contributed by atoms with E-state index in [4.69, 9.17) is 14.2 Å². The van der Waals surface area contributed by atoms with Gasteiger partial charge >= 0.3 is 0 Å². The molecular formula is C18H18FNO4. The number of rotatable bonds is 6. The number of carbonyl (C=O) groups excluding carboxylic acids is 1. The summed E-state index contributed by atoms with van der Waals surface area (Å²) in [6, 6.07) is 9.36. The fourth-order valence-electron chi connectivity index (χ4n) is 2.11. The minimum atomic E-state index is -0.493. The van der Waals surface area contributed by atoms with Gasteiger partial charge in [-0.25, -0.2) is 4.39 Å². The van der Waals surface area contributed by atoms with E-state index < -0.39 is 11.7 Å². The maximum atomic E-state index is 13.5. The molecule has 126 valence electrons. The summed E-state index contributed by atoms with van der Waals surface area (Å²) in [5.74, 6) is 0.478. The predicted molar refractivity (Wildman–Crippen MR) is 90.2 cm³/mol. The van der Waals surface area contributed by atoms with Gasteiger partial charge in [-0.1, -0.05) is 12.1 Å². The quantitative estimate of drug-likeness (QED) is 0.823. The van der Waals surface area contributed by atoms with E-state index in [9.17, 15) is 9.18 Å². The smallest absolute Gasteiger partial charge is 0.248 e. The Balaban J connectivity index is 2.19. The van der Waals surface area contributed by atoms with Crippen LogP contribution in [0.5, 0.6) is 17.2 Å². The zero-order chi connectivity index (χ0) is 17.5. The van der Waals surface area contributed by atoms with Crippen molar-refractivity contribution in [1.82, 2.24) is 0 Å². The van der Waals surface area contributed by atoms with Crippen LogP contribution < -0.4 is 19.5 Å². The van der Waals surface area contributed by atoms with Crippen molar-refractivity contribution in [3.8, 4) is 17.2 Å². The molecule has 0 saturated heterocycles. The van der Waals surface area contributed by atoms with Crippen molar-refractivity contribution in [1.29, 1.82) is 0 Å². The number of hydrogen-bond donors (Lipinski definition) is 1. The van der Waals surface area contributed by atoms with Gasteiger partial charge < -0.3 is 19.5 Å². The average Bonchev–Trinajstić information content (AvgIpc) is 2.60. The molecule has 1 amide bonds. The Kier molecular flexibility index (Phi) is 5.78. The summed E-state index contributed by atoms with van der Waals surface area (Å²) in [4.78, 5) is 11.9. The molecule has 6 heteroatoms. The third kappa shape index (κ3) is 4.04. The number of carbonyl (C=O) groups is 1. The third-order valence-corrected chi connectivity index (χ3v) is 3.25. The van der Waals surface area contributed by atoms with E-state index in [0.717, 1.165) is 0 Å². The number of halogens is 1. The second-order valence-corrected chi connectivity index (χ2v) is 4.76. The molecular weight excluding hydrogens is 313 g/mol. The summed E-state index contributed by atoms with van der Waals surface area (Å²) in [7, 11) is 4.53. The molecule has 0 spiro atoms. The van der Waals surface area contributed by atoms with Gasteiger partial charge in [0.05, 0.1) is 27.0 Å². The summed E-state index contributed by atoms with van der Waals surface area (Å²) in [6.07, 6.45) is 2.87. The van der Waals surface area contributed by atoms with Gasteiger partial charge in [0.25, 0.3) is 0 Å². The molecule has 0 aliphatic rings. The molecule has 0 aliphatic carbocycles. The van der Waals surface area contributed by atoms with Gasteiger partial charge in [0, 0.05) is 6.08 Å². The summed E-state index contributed by atoms with van der Waals surface area (Å²) < 4.78 is 29.2. The molecule has 0 aromatic heterocycles. The highest BCUT2D eigenvalue weighted by Crippen LogP contribution is 2.38. The van der Waals surface area contributed by atoms with Crippen molar-refractivity contribution < 1.29 is 23.4 Å². The molecule has 0 unspecified atom stereocenters. The lowest BCUT2D eigenvalue weighted by Crippen LogP contribution is -2.09. The molecule has 2 aromatic carbocycles. The van der Waals surface area contributed by atoms with E-state index in [0.29, 0.717) is 22.8 Å². The minimum Gasteiger partial charge on any atom is -0.493 e. The van der Waals surface area contributed by atoms with E-state index in [1.54, 1.807) is 30.3 Å². The molecule has 0 saturated carbocycles. The highest BCUT2D eigenvalue weighted by molar-refractivity contribution is 6.02. The Labute approximate surface area is 139 Å². The molecule has 0 bridgehead atoms. The van der Waals surface area contributed by atoms with Crippen LogP contribution in [0.25, 0.3) is 6.08 Å². The normalized spacial score (nSPS) is 10.5.